The molecule has 0 bridgehead atoms. The molecule has 2 rings (SSSR count). The number of urea groups is 1. The van der Waals surface area contributed by atoms with Gasteiger partial charge >= 0.3 is 6.03 Å². The van der Waals surface area contributed by atoms with Crippen molar-refractivity contribution in [2.45, 2.75) is 6.10 Å². The number of rotatable bonds is 6. The van der Waals surface area contributed by atoms with Gasteiger partial charge < -0.3 is 25.8 Å². The second kappa shape index (κ2) is 7.86. The van der Waals surface area contributed by atoms with Crippen LogP contribution in [0.1, 0.15) is 0 Å². The van der Waals surface area contributed by atoms with Gasteiger partial charge in [-0.1, -0.05) is 0 Å². The molecular weight excluding hydrogens is 284 g/mol. The summed E-state index contributed by atoms with van der Waals surface area (Å²) in [5.74, 6) is 0.854. The van der Waals surface area contributed by atoms with Gasteiger partial charge in [0.1, 0.15) is 5.75 Å². The summed E-state index contributed by atoms with van der Waals surface area (Å²) in [4.78, 5) is 15.1. The molecular formula is C15H24N4O3. The lowest BCUT2D eigenvalue weighted by molar-refractivity contribution is 0.109. The van der Waals surface area contributed by atoms with Crippen molar-refractivity contribution in [3.8, 4) is 5.75 Å². The van der Waals surface area contributed by atoms with Crippen LogP contribution in [-0.2, 0) is 0 Å². The number of nitrogens with two attached hydrogens (primary N) is 1. The molecule has 1 unspecified atom stereocenters. The van der Waals surface area contributed by atoms with E-state index in [2.05, 4.69) is 27.2 Å². The molecule has 0 aromatic heterocycles. The molecule has 1 aliphatic rings. The number of hydrogen-bond acceptors (Lipinski definition) is 5. The number of ether oxygens (including phenoxy) is 1. The average molecular weight is 308 g/mol. The minimum absolute atomic E-state index is 0.189. The van der Waals surface area contributed by atoms with E-state index in [1.165, 1.54) is 5.69 Å². The molecule has 1 fully saturated rings. The fourth-order valence-electron chi connectivity index (χ4n) is 2.56. The Kier molecular flexibility index (Phi) is 5.85. The number of amides is 2. The van der Waals surface area contributed by atoms with Crippen LogP contribution < -0.4 is 20.7 Å². The zero-order chi connectivity index (χ0) is 15.9. The summed E-state index contributed by atoms with van der Waals surface area (Å²) in [6, 6.07) is 7.42. The van der Waals surface area contributed by atoms with Crippen LogP contribution in [0.25, 0.3) is 0 Å². The van der Waals surface area contributed by atoms with Gasteiger partial charge in [0.15, 0.2) is 0 Å². The molecule has 1 aliphatic heterocycles. The Labute approximate surface area is 130 Å². The number of hydrogen-bond donors (Lipinski definition) is 3. The Bertz CT molecular complexity index is 472. The average Bonchev–Trinajstić information content (AvgIpc) is 2.54. The number of benzene rings is 1. The summed E-state index contributed by atoms with van der Waals surface area (Å²) in [6.07, 6.45) is -0.597. The molecule has 0 saturated carbocycles. The summed E-state index contributed by atoms with van der Waals surface area (Å²) in [6.45, 7) is 4.29. The van der Waals surface area contributed by atoms with Crippen LogP contribution in [0.3, 0.4) is 0 Å². The Morgan fingerprint density at radius 2 is 1.95 bits per heavy atom. The number of nitrogens with one attached hydrogen (secondary N) is 1. The van der Waals surface area contributed by atoms with E-state index in [1.807, 2.05) is 12.1 Å². The largest absolute Gasteiger partial charge is 0.497 e. The van der Waals surface area contributed by atoms with Crippen LogP contribution in [0.15, 0.2) is 24.3 Å². The van der Waals surface area contributed by atoms with Crippen molar-refractivity contribution in [1.29, 1.82) is 0 Å². The van der Waals surface area contributed by atoms with Crippen LogP contribution in [-0.4, -0.2) is 68.5 Å². The third-order valence-corrected chi connectivity index (χ3v) is 3.79. The number of aliphatic hydroxyl groups is 1. The summed E-state index contributed by atoms with van der Waals surface area (Å²) in [5, 5.41) is 12.3. The van der Waals surface area contributed by atoms with Crippen LogP contribution in [0.2, 0.25) is 0 Å². The van der Waals surface area contributed by atoms with E-state index in [0.717, 1.165) is 31.9 Å². The van der Waals surface area contributed by atoms with Crippen molar-refractivity contribution >= 4 is 11.7 Å². The van der Waals surface area contributed by atoms with Crippen molar-refractivity contribution in [1.82, 2.24) is 10.2 Å². The third kappa shape index (κ3) is 4.78. The molecule has 1 aromatic carbocycles. The molecule has 1 saturated heterocycles. The number of primary amides is 1. The zero-order valence-corrected chi connectivity index (χ0v) is 12.9. The number of carbonyl (C=O) groups is 1. The van der Waals surface area contributed by atoms with Crippen molar-refractivity contribution in [3.05, 3.63) is 24.3 Å². The van der Waals surface area contributed by atoms with E-state index in [-0.39, 0.29) is 6.54 Å². The minimum atomic E-state index is -0.608. The van der Waals surface area contributed by atoms with Gasteiger partial charge in [-0.15, -0.1) is 0 Å². The first-order valence-electron chi connectivity index (χ1n) is 7.41. The van der Waals surface area contributed by atoms with Gasteiger partial charge in [-0.2, -0.15) is 0 Å². The van der Waals surface area contributed by atoms with Gasteiger partial charge in [-0.3, -0.25) is 4.90 Å². The van der Waals surface area contributed by atoms with E-state index in [0.29, 0.717) is 6.54 Å². The number of aliphatic hydroxyl groups excluding tert-OH is 1. The number of piperazine rings is 1. The quantitative estimate of drug-likeness (QED) is 0.680. The van der Waals surface area contributed by atoms with Crippen molar-refractivity contribution < 1.29 is 14.6 Å². The van der Waals surface area contributed by atoms with E-state index < -0.39 is 12.1 Å². The highest BCUT2D eigenvalue weighted by atomic mass is 16.5. The van der Waals surface area contributed by atoms with Crippen LogP contribution in [0.4, 0.5) is 10.5 Å². The van der Waals surface area contributed by atoms with Crippen LogP contribution in [0, 0.1) is 0 Å². The van der Waals surface area contributed by atoms with E-state index in [9.17, 15) is 9.90 Å². The summed E-state index contributed by atoms with van der Waals surface area (Å²) < 4.78 is 5.16. The topological polar surface area (TPSA) is 91.1 Å². The second-order valence-corrected chi connectivity index (χ2v) is 5.38. The third-order valence-electron chi connectivity index (χ3n) is 3.79. The molecule has 4 N–H and O–H groups in total. The number of β-amino-alcohol motifs (C(OH)–C–C–N with tert-alkyl or cyclic N) is 1. The van der Waals surface area contributed by atoms with Crippen LogP contribution in [0.5, 0.6) is 5.75 Å². The zero-order valence-electron chi connectivity index (χ0n) is 12.9. The highest BCUT2D eigenvalue weighted by molar-refractivity contribution is 5.71. The Morgan fingerprint density at radius 3 is 2.50 bits per heavy atom. The smallest absolute Gasteiger partial charge is 0.312 e. The molecule has 1 aromatic rings. The van der Waals surface area contributed by atoms with Gasteiger partial charge in [0.05, 0.1) is 13.2 Å². The number of anilines is 1. The summed E-state index contributed by atoms with van der Waals surface area (Å²) in [5.41, 5.74) is 6.16. The second-order valence-electron chi connectivity index (χ2n) is 5.38. The Hall–Kier alpha value is -1.99. The van der Waals surface area contributed by atoms with E-state index in [1.54, 1.807) is 7.11 Å². The predicted octanol–water partition coefficient (Wildman–Crippen LogP) is -0.154. The number of carbonyl (C=O) groups excluding carboxylic acids is 1. The predicted molar refractivity (Wildman–Crippen MR) is 85.2 cm³/mol. The van der Waals surface area contributed by atoms with Gasteiger partial charge in [-0.05, 0) is 24.3 Å². The monoisotopic (exact) mass is 308 g/mol. The van der Waals surface area contributed by atoms with Crippen molar-refractivity contribution in [2.75, 3.05) is 51.3 Å². The molecule has 122 valence electrons. The van der Waals surface area contributed by atoms with Crippen LogP contribution >= 0.6 is 0 Å². The lowest BCUT2D eigenvalue weighted by Gasteiger charge is -2.37. The fraction of sp³-hybridized carbons (Fsp3) is 0.533. The normalized spacial score (nSPS) is 17.1. The summed E-state index contributed by atoms with van der Waals surface area (Å²) in [7, 11) is 1.66. The van der Waals surface area contributed by atoms with Crippen molar-refractivity contribution in [3.63, 3.8) is 0 Å². The lowest BCUT2D eigenvalue weighted by atomic mass is 10.2. The first-order chi connectivity index (χ1) is 10.6. The lowest BCUT2D eigenvalue weighted by Crippen LogP contribution is -2.50. The molecule has 0 aliphatic carbocycles. The maximum Gasteiger partial charge on any atom is 0.312 e. The van der Waals surface area contributed by atoms with E-state index >= 15 is 0 Å². The first kappa shape index (κ1) is 16.4. The van der Waals surface area contributed by atoms with Gasteiger partial charge in [0, 0.05) is 45.0 Å². The summed E-state index contributed by atoms with van der Waals surface area (Å²) >= 11 is 0. The number of nitrogens with zero attached hydrogens (tertiary/aromatic N) is 2. The molecule has 2 amide bonds. The van der Waals surface area contributed by atoms with E-state index in [4.69, 9.17) is 10.5 Å². The maximum absolute atomic E-state index is 10.6. The highest BCUT2D eigenvalue weighted by Gasteiger charge is 2.19. The Balaban J connectivity index is 1.76. The molecule has 1 atom stereocenters. The molecule has 0 spiro atoms. The maximum atomic E-state index is 10.6. The molecule has 7 nitrogen and oxygen atoms in total. The highest BCUT2D eigenvalue weighted by Crippen LogP contribution is 2.20. The van der Waals surface area contributed by atoms with Gasteiger partial charge in [-0.25, -0.2) is 4.79 Å². The van der Waals surface area contributed by atoms with Gasteiger partial charge in [0.25, 0.3) is 0 Å². The molecule has 1 heterocycles. The number of methoxy groups -OCH3 is 1. The van der Waals surface area contributed by atoms with Crippen molar-refractivity contribution in [2.24, 2.45) is 5.73 Å². The first-order valence-corrected chi connectivity index (χ1v) is 7.41. The Morgan fingerprint density at radius 1 is 1.32 bits per heavy atom. The molecule has 22 heavy (non-hydrogen) atoms. The van der Waals surface area contributed by atoms with Gasteiger partial charge in [0.2, 0.25) is 0 Å². The molecule has 0 radical (unpaired) electrons. The minimum Gasteiger partial charge on any atom is -0.497 e. The standard InChI is InChI=1S/C15H24N4O3/c1-22-14-4-2-12(3-5-14)19-8-6-18(7-9-19)11-13(20)10-17-15(16)21/h2-5,13,20H,6-11H2,1H3,(H3,16,17,21). The SMILES string of the molecule is COc1ccc(N2CCN(CC(O)CNC(N)=O)CC2)cc1. The fourth-order valence-corrected chi connectivity index (χ4v) is 2.56. The molecule has 7 heteroatoms.